The fourth-order valence-electron chi connectivity index (χ4n) is 2.53. The molecule has 1 aromatic carbocycles. The zero-order valence-corrected chi connectivity index (χ0v) is 12.0. The van der Waals surface area contributed by atoms with Gasteiger partial charge in [0.25, 0.3) is 5.91 Å². The molecule has 1 aromatic rings. The van der Waals surface area contributed by atoms with E-state index in [4.69, 9.17) is 4.74 Å². The summed E-state index contributed by atoms with van der Waals surface area (Å²) in [5.41, 5.74) is 6.39. The molecule has 2 aliphatic heterocycles. The second kappa shape index (κ2) is 5.20. The van der Waals surface area contributed by atoms with Gasteiger partial charge in [0.05, 0.1) is 17.4 Å². The summed E-state index contributed by atoms with van der Waals surface area (Å²) in [6.45, 7) is 3.70. The van der Waals surface area contributed by atoms with Crippen LogP contribution in [0.25, 0.3) is 0 Å². The van der Waals surface area contributed by atoms with Crippen LogP contribution in [-0.2, 0) is 9.59 Å². The Morgan fingerprint density at radius 1 is 1.43 bits per heavy atom. The molecule has 2 heterocycles. The smallest absolute Gasteiger partial charge is 0.265 e. The van der Waals surface area contributed by atoms with Crippen molar-refractivity contribution in [3.8, 4) is 5.75 Å². The maximum absolute atomic E-state index is 11.7. The number of nitrogens with one attached hydrogen (secondary N) is 2. The van der Waals surface area contributed by atoms with Crippen LogP contribution < -0.4 is 15.5 Å². The number of benzene rings is 1. The van der Waals surface area contributed by atoms with E-state index in [0.717, 1.165) is 36.0 Å². The van der Waals surface area contributed by atoms with Crippen LogP contribution in [0.3, 0.4) is 0 Å². The topological polar surface area (TPSA) is 79.8 Å². The van der Waals surface area contributed by atoms with E-state index in [9.17, 15) is 9.59 Å². The molecule has 0 fully saturated rings. The number of carbonyl (C=O) groups excluding carboxylic acids is 2. The first-order chi connectivity index (χ1) is 10.1. The van der Waals surface area contributed by atoms with Crippen molar-refractivity contribution in [1.29, 1.82) is 0 Å². The van der Waals surface area contributed by atoms with E-state index in [1.165, 1.54) is 0 Å². The highest BCUT2D eigenvalue weighted by Crippen LogP contribution is 2.33. The summed E-state index contributed by atoms with van der Waals surface area (Å²) in [7, 11) is 0. The highest BCUT2D eigenvalue weighted by Gasteiger charge is 2.25. The van der Waals surface area contributed by atoms with E-state index in [1.54, 1.807) is 6.92 Å². The van der Waals surface area contributed by atoms with E-state index in [0.29, 0.717) is 11.4 Å². The van der Waals surface area contributed by atoms with Crippen LogP contribution in [0.15, 0.2) is 17.2 Å². The molecule has 3 rings (SSSR count). The number of fused-ring (bicyclic) bond motifs is 1. The summed E-state index contributed by atoms with van der Waals surface area (Å²) >= 11 is 0. The van der Waals surface area contributed by atoms with Gasteiger partial charge in [-0.2, -0.15) is 5.10 Å². The predicted molar refractivity (Wildman–Crippen MR) is 78.7 cm³/mol. The van der Waals surface area contributed by atoms with Gasteiger partial charge in [-0.25, -0.2) is 0 Å². The number of hydrogen-bond acceptors (Lipinski definition) is 5. The molecule has 2 N–H and O–H groups in total. The number of hydrazone groups is 1. The van der Waals surface area contributed by atoms with Gasteiger partial charge in [0.1, 0.15) is 12.0 Å². The lowest BCUT2D eigenvalue weighted by atomic mass is 9.96. The van der Waals surface area contributed by atoms with Crippen molar-refractivity contribution in [3.05, 3.63) is 23.3 Å². The van der Waals surface area contributed by atoms with Crippen molar-refractivity contribution >= 4 is 23.6 Å². The number of rotatable bonds is 2. The van der Waals surface area contributed by atoms with E-state index >= 15 is 0 Å². The summed E-state index contributed by atoms with van der Waals surface area (Å²) < 4.78 is 5.59. The van der Waals surface area contributed by atoms with Crippen LogP contribution in [0.2, 0.25) is 0 Å². The molecule has 2 unspecified atom stereocenters. The van der Waals surface area contributed by atoms with Crippen molar-refractivity contribution in [2.24, 2.45) is 5.10 Å². The first kappa shape index (κ1) is 13.6. The summed E-state index contributed by atoms with van der Waals surface area (Å²) in [4.78, 5) is 22.4. The molecule has 0 spiro atoms. The fourth-order valence-corrected chi connectivity index (χ4v) is 2.53. The van der Waals surface area contributed by atoms with Gasteiger partial charge in [-0.1, -0.05) is 0 Å². The molecule has 110 valence electrons. The number of hydrogen-bond donors (Lipinski definition) is 2. The number of ether oxygens (including phenoxy) is 1. The summed E-state index contributed by atoms with van der Waals surface area (Å²) in [5.74, 6) is 0.528. The standard InChI is InChI=1S/C15H17N3O3/c1-8-5-14-13(16-15(20)9(2)21-14)6-11(8)12-4-3-10(7-19)17-18-12/h5-7,9-10,17H,3-4H2,1-2H3,(H,16,20). The third-order valence-corrected chi connectivity index (χ3v) is 3.79. The van der Waals surface area contributed by atoms with Crippen LogP contribution in [0.4, 0.5) is 5.69 Å². The van der Waals surface area contributed by atoms with Crippen molar-refractivity contribution in [1.82, 2.24) is 5.43 Å². The van der Waals surface area contributed by atoms with Gasteiger partial charge < -0.3 is 14.8 Å². The summed E-state index contributed by atoms with van der Waals surface area (Å²) in [5, 5.41) is 7.12. The molecule has 1 amide bonds. The Kier molecular flexibility index (Phi) is 3.37. The van der Waals surface area contributed by atoms with Gasteiger partial charge in [0.2, 0.25) is 0 Å². The molecule has 0 saturated heterocycles. The number of amides is 1. The lowest BCUT2D eigenvalue weighted by Crippen LogP contribution is -2.35. The molecule has 21 heavy (non-hydrogen) atoms. The normalized spacial score (nSPS) is 24.1. The average molecular weight is 287 g/mol. The highest BCUT2D eigenvalue weighted by atomic mass is 16.5. The number of aldehydes is 1. The number of nitrogens with zero attached hydrogens (tertiary/aromatic N) is 1. The lowest BCUT2D eigenvalue weighted by molar-refractivity contribution is -0.122. The molecule has 6 heteroatoms. The van der Waals surface area contributed by atoms with Crippen LogP contribution in [0.5, 0.6) is 5.75 Å². The minimum Gasteiger partial charge on any atom is -0.479 e. The van der Waals surface area contributed by atoms with Gasteiger partial charge >= 0.3 is 0 Å². The summed E-state index contributed by atoms with van der Waals surface area (Å²) in [6.07, 6.45) is 1.83. The number of anilines is 1. The minimum atomic E-state index is -0.482. The molecular weight excluding hydrogens is 270 g/mol. The van der Waals surface area contributed by atoms with Crippen molar-refractivity contribution in [3.63, 3.8) is 0 Å². The number of carbonyl (C=O) groups is 2. The predicted octanol–water partition coefficient (Wildman–Crippen LogP) is 1.37. The molecule has 2 aliphatic rings. The van der Waals surface area contributed by atoms with E-state index in [2.05, 4.69) is 15.8 Å². The third-order valence-electron chi connectivity index (χ3n) is 3.79. The highest BCUT2D eigenvalue weighted by molar-refractivity contribution is 6.05. The Morgan fingerprint density at radius 3 is 2.90 bits per heavy atom. The van der Waals surface area contributed by atoms with Gasteiger partial charge in [0.15, 0.2) is 6.10 Å². The van der Waals surface area contributed by atoms with Gasteiger partial charge in [-0.3, -0.25) is 10.2 Å². The van der Waals surface area contributed by atoms with E-state index < -0.39 is 6.10 Å². The third kappa shape index (κ3) is 2.49. The molecule has 2 atom stereocenters. The maximum Gasteiger partial charge on any atom is 0.265 e. The Bertz CT molecular complexity index is 639. The van der Waals surface area contributed by atoms with Gasteiger partial charge in [-0.05, 0) is 44.4 Å². The van der Waals surface area contributed by atoms with Crippen molar-refractivity contribution < 1.29 is 14.3 Å². The summed E-state index contributed by atoms with van der Waals surface area (Å²) in [6, 6.07) is 3.58. The zero-order chi connectivity index (χ0) is 15.0. The Morgan fingerprint density at radius 2 is 2.24 bits per heavy atom. The molecule has 0 aromatic heterocycles. The first-order valence-corrected chi connectivity index (χ1v) is 6.98. The lowest BCUT2D eigenvalue weighted by Gasteiger charge is -2.26. The number of aryl methyl sites for hydroxylation is 1. The van der Waals surface area contributed by atoms with Crippen LogP contribution >= 0.6 is 0 Å². The van der Waals surface area contributed by atoms with Crippen molar-refractivity contribution in [2.45, 2.75) is 38.8 Å². The monoisotopic (exact) mass is 287 g/mol. The van der Waals surface area contributed by atoms with E-state index in [-0.39, 0.29) is 11.9 Å². The van der Waals surface area contributed by atoms with Crippen LogP contribution in [0, 0.1) is 6.92 Å². The maximum atomic E-state index is 11.7. The van der Waals surface area contributed by atoms with Crippen molar-refractivity contribution in [2.75, 3.05) is 5.32 Å². The fraction of sp³-hybridized carbons (Fsp3) is 0.400. The zero-order valence-electron chi connectivity index (χ0n) is 12.0. The molecule has 0 bridgehead atoms. The molecule has 0 aliphatic carbocycles. The Labute approximate surface area is 122 Å². The largest absolute Gasteiger partial charge is 0.479 e. The molecule has 6 nitrogen and oxygen atoms in total. The second-order valence-electron chi connectivity index (χ2n) is 5.38. The SMILES string of the molecule is Cc1cc2c(cc1C1=NNC(C=O)CC1)NC(=O)C(C)O2. The quantitative estimate of drug-likeness (QED) is 0.805. The molecular formula is C15H17N3O3. The Balaban J connectivity index is 1.94. The molecule has 0 radical (unpaired) electrons. The van der Waals surface area contributed by atoms with E-state index in [1.807, 2.05) is 19.1 Å². The minimum absolute atomic E-state index is 0.151. The van der Waals surface area contributed by atoms with Gasteiger partial charge in [-0.15, -0.1) is 0 Å². The van der Waals surface area contributed by atoms with Gasteiger partial charge in [0, 0.05) is 5.56 Å². The second-order valence-corrected chi connectivity index (χ2v) is 5.38. The Hall–Kier alpha value is -2.37. The van der Waals surface area contributed by atoms with Crippen LogP contribution in [0.1, 0.15) is 30.9 Å². The van der Waals surface area contributed by atoms with Crippen LogP contribution in [-0.4, -0.2) is 30.1 Å². The first-order valence-electron chi connectivity index (χ1n) is 6.98. The molecule has 0 saturated carbocycles. The average Bonchev–Trinajstić information content (AvgIpc) is 2.49.